The number of nitrogens with one attached hydrogen (secondary N) is 2. The molecular formula is C19H21N5O4. The van der Waals surface area contributed by atoms with Crippen molar-refractivity contribution in [3.8, 4) is 0 Å². The zero-order valence-electron chi connectivity index (χ0n) is 15.4. The Morgan fingerprint density at radius 1 is 1.29 bits per heavy atom. The summed E-state index contributed by atoms with van der Waals surface area (Å²) >= 11 is 0. The predicted molar refractivity (Wildman–Crippen MR) is 105 cm³/mol. The number of nitro benzene ring substituents is 1. The molecule has 0 aliphatic heterocycles. The average molecular weight is 383 g/mol. The quantitative estimate of drug-likeness (QED) is 0.333. The summed E-state index contributed by atoms with van der Waals surface area (Å²) in [5.41, 5.74) is 2.14. The van der Waals surface area contributed by atoms with Gasteiger partial charge in [0.15, 0.2) is 0 Å². The van der Waals surface area contributed by atoms with Gasteiger partial charge in [-0.3, -0.25) is 14.9 Å². The molecule has 0 unspecified atom stereocenters. The summed E-state index contributed by atoms with van der Waals surface area (Å²) in [6.45, 7) is 1.23. The van der Waals surface area contributed by atoms with Crippen LogP contribution in [-0.2, 0) is 11.2 Å². The lowest BCUT2D eigenvalue weighted by Gasteiger charge is -2.09. The standard InChI is InChI=1S/C19H21N5O4/c1-28-11-9-20-16-6-5-14(12-17(16)24(26)27)19(25)21-8-7-15-13-23-10-3-2-4-18(23)22-15/h2-6,10,12-13,20H,7-9,11H2,1H3,(H,21,25). The van der Waals surface area contributed by atoms with Crippen molar-refractivity contribution >= 4 is 22.9 Å². The second kappa shape index (κ2) is 8.96. The summed E-state index contributed by atoms with van der Waals surface area (Å²) in [4.78, 5) is 27.6. The molecule has 9 heteroatoms. The van der Waals surface area contributed by atoms with Gasteiger partial charge in [0.1, 0.15) is 11.3 Å². The van der Waals surface area contributed by atoms with E-state index in [1.165, 1.54) is 12.1 Å². The molecule has 146 valence electrons. The number of carbonyl (C=O) groups is 1. The molecule has 2 heterocycles. The van der Waals surface area contributed by atoms with E-state index in [-0.39, 0.29) is 17.2 Å². The van der Waals surface area contributed by atoms with Crippen LogP contribution in [0.4, 0.5) is 11.4 Å². The maximum absolute atomic E-state index is 12.4. The third kappa shape index (κ3) is 4.63. The van der Waals surface area contributed by atoms with Gasteiger partial charge in [-0.1, -0.05) is 6.07 Å². The van der Waals surface area contributed by atoms with Gasteiger partial charge in [-0.05, 0) is 24.3 Å². The number of rotatable bonds is 9. The normalized spacial score (nSPS) is 10.8. The Bertz CT molecular complexity index is 952. The fourth-order valence-corrected chi connectivity index (χ4v) is 2.77. The number of anilines is 1. The number of nitrogens with zero attached hydrogens (tertiary/aromatic N) is 3. The minimum Gasteiger partial charge on any atom is -0.383 e. The van der Waals surface area contributed by atoms with Gasteiger partial charge in [-0.2, -0.15) is 0 Å². The smallest absolute Gasteiger partial charge is 0.293 e. The first-order chi connectivity index (χ1) is 13.6. The molecule has 1 amide bonds. The molecule has 0 fully saturated rings. The molecule has 2 N–H and O–H groups in total. The minimum atomic E-state index is -0.511. The number of hydrogen-bond donors (Lipinski definition) is 2. The molecule has 0 radical (unpaired) electrons. The van der Waals surface area contributed by atoms with Gasteiger partial charge < -0.3 is 19.8 Å². The van der Waals surface area contributed by atoms with E-state index in [2.05, 4.69) is 15.6 Å². The molecule has 0 saturated carbocycles. The lowest BCUT2D eigenvalue weighted by atomic mass is 10.1. The van der Waals surface area contributed by atoms with Crippen molar-refractivity contribution in [2.75, 3.05) is 32.1 Å². The first-order valence-corrected chi connectivity index (χ1v) is 8.80. The Morgan fingerprint density at radius 3 is 2.89 bits per heavy atom. The number of pyridine rings is 1. The summed E-state index contributed by atoms with van der Waals surface area (Å²) in [6, 6.07) is 10.1. The predicted octanol–water partition coefficient (Wildman–Crippen LogP) is 2.27. The summed E-state index contributed by atoms with van der Waals surface area (Å²) in [7, 11) is 1.55. The van der Waals surface area contributed by atoms with Crippen molar-refractivity contribution in [3.05, 3.63) is 70.2 Å². The van der Waals surface area contributed by atoms with Crippen LogP contribution in [0, 0.1) is 10.1 Å². The molecule has 1 aromatic carbocycles. The van der Waals surface area contributed by atoms with Crippen LogP contribution in [0.2, 0.25) is 0 Å². The first kappa shape index (κ1) is 19.3. The van der Waals surface area contributed by atoms with Crippen LogP contribution in [0.15, 0.2) is 48.8 Å². The number of amides is 1. The first-order valence-electron chi connectivity index (χ1n) is 8.80. The van der Waals surface area contributed by atoms with Crippen LogP contribution >= 0.6 is 0 Å². The molecule has 3 rings (SSSR count). The number of aromatic nitrogens is 2. The molecule has 0 aliphatic rings. The number of hydrogen-bond acceptors (Lipinski definition) is 6. The Kier molecular flexibility index (Phi) is 6.18. The Morgan fingerprint density at radius 2 is 2.14 bits per heavy atom. The van der Waals surface area contributed by atoms with Gasteiger partial charge in [0.05, 0.1) is 17.2 Å². The molecule has 0 aliphatic carbocycles. The zero-order valence-corrected chi connectivity index (χ0v) is 15.4. The SMILES string of the molecule is COCCNc1ccc(C(=O)NCCc2cn3ccccc3n2)cc1[N+](=O)[O-]. The molecule has 0 saturated heterocycles. The highest BCUT2D eigenvalue weighted by Crippen LogP contribution is 2.25. The van der Waals surface area contributed by atoms with Crippen LogP contribution in [0.25, 0.3) is 5.65 Å². The number of fused-ring (bicyclic) bond motifs is 1. The van der Waals surface area contributed by atoms with Crippen LogP contribution < -0.4 is 10.6 Å². The van der Waals surface area contributed by atoms with E-state index in [4.69, 9.17) is 4.74 Å². The number of imidazole rings is 1. The largest absolute Gasteiger partial charge is 0.383 e. The fourth-order valence-electron chi connectivity index (χ4n) is 2.77. The molecule has 28 heavy (non-hydrogen) atoms. The van der Waals surface area contributed by atoms with Crippen molar-refractivity contribution in [1.82, 2.24) is 14.7 Å². The number of nitro groups is 1. The molecular weight excluding hydrogens is 362 g/mol. The van der Waals surface area contributed by atoms with E-state index in [0.29, 0.717) is 31.8 Å². The van der Waals surface area contributed by atoms with E-state index in [1.54, 1.807) is 13.2 Å². The molecule has 9 nitrogen and oxygen atoms in total. The highest BCUT2D eigenvalue weighted by atomic mass is 16.6. The highest BCUT2D eigenvalue weighted by Gasteiger charge is 2.17. The van der Waals surface area contributed by atoms with Crippen LogP contribution in [-0.4, -0.2) is 47.0 Å². The van der Waals surface area contributed by atoms with Gasteiger partial charge in [0.2, 0.25) is 0 Å². The Labute approximate surface area is 161 Å². The maximum Gasteiger partial charge on any atom is 0.293 e. The fraction of sp³-hybridized carbons (Fsp3) is 0.263. The summed E-state index contributed by atoms with van der Waals surface area (Å²) in [6.07, 6.45) is 4.38. The molecule has 0 bridgehead atoms. The van der Waals surface area contributed by atoms with E-state index in [1.807, 2.05) is 35.0 Å². The number of methoxy groups -OCH3 is 1. The third-order valence-electron chi connectivity index (χ3n) is 4.16. The van der Waals surface area contributed by atoms with Gasteiger partial charge in [0, 0.05) is 50.6 Å². The number of carbonyl (C=O) groups excluding carboxylic acids is 1. The summed E-state index contributed by atoms with van der Waals surface area (Å²) in [5, 5.41) is 17.0. The lowest BCUT2D eigenvalue weighted by molar-refractivity contribution is -0.384. The molecule has 0 spiro atoms. The third-order valence-corrected chi connectivity index (χ3v) is 4.16. The monoisotopic (exact) mass is 383 g/mol. The van der Waals surface area contributed by atoms with E-state index in [9.17, 15) is 14.9 Å². The van der Waals surface area contributed by atoms with Gasteiger partial charge in [-0.15, -0.1) is 0 Å². The zero-order chi connectivity index (χ0) is 19.9. The van der Waals surface area contributed by atoms with Crippen molar-refractivity contribution in [2.24, 2.45) is 0 Å². The minimum absolute atomic E-state index is 0.149. The lowest BCUT2D eigenvalue weighted by Crippen LogP contribution is -2.26. The van der Waals surface area contributed by atoms with Gasteiger partial charge >= 0.3 is 0 Å². The van der Waals surface area contributed by atoms with E-state index in [0.717, 1.165) is 11.3 Å². The summed E-state index contributed by atoms with van der Waals surface area (Å²) in [5.74, 6) is -0.365. The second-order valence-corrected chi connectivity index (χ2v) is 6.11. The van der Waals surface area contributed by atoms with Crippen molar-refractivity contribution < 1.29 is 14.5 Å². The van der Waals surface area contributed by atoms with Gasteiger partial charge in [0.25, 0.3) is 11.6 Å². The van der Waals surface area contributed by atoms with Crippen molar-refractivity contribution in [1.29, 1.82) is 0 Å². The van der Waals surface area contributed by atoms with Crippen LogP contribution in [0.3, 0.4) is 0 Å². The molecule has 3 aromatic rings. The number of benzene rings is 1. The Hall–Kier alpha value is -3.46. The maximum atomic E-state index is 12.4. The number of ether oxygens (including phenoxy) is 1. The summed E-state index contributed by atoms with van der Waals surface area (Å²) < 4.78 is 6.84. The molecule has 2 aromatic heterocycles. The average Bonchev–Trinajstić information content (AvgIpc) is 3.11. The second-order valence-electron chi connectivity index (χ2n) is 6.11. The van der Waals surface area contributed by atoms with Crippen LogP contribution in [0.1, 0.15) is 16.1 Å². The van der Waals surface area contributed by atoms with E-state index >= 15 is 0 Å². The van der Waals surface area contributed by atoms with Crippen LogP contribution in [0.5, 0.6) is 0 Å². The van der Waals surface area contributed by atoms with E-state index < -0.39 is 4.92 Å². The highest BCUT2D eigenvalue weighted by molar-refractivity contribution is 5.95. The Balaban J connectivity index is 1.61. The topological polar surface area (TPSA) is 111 Å². The van der Waals surface area contributed by atoms with Crippen molar-refractivity contribution in [2.45, 2.75) is 6.42 Å². The van der Waals surface area contributed by atoms with Gasteiger partial charge in [-0.25, -0.2) is 4.98 Å². The van der Waals surface area contributed by atoms with Crippen molar-refractivity contribution in [3.63, 3.8) is 0 Å². The molecule has 0 atom stereocenters.